The third-order valence-electron chi connectivity index (χ3n) is 3.72. The monoisotopic (exact) mass is 348 g/mol. The number of benzene rings is 1. The van der Waals surface area contributed by atoms with Crippen molar-refractivity contribution >= 4 is 23.1 Å². The van der Waals surface area contributed by atoms with Crippen LogP contribution in [0.4, 0.5) is 11.5 Å². The van der Waals surface area contributed by atoms with E-state index in [1.807, 2.05) is 43.3 Å². The summed E-state index contributed by atoms with van der Waals surface area (Å²) in [5.74, 6) is 1.35. The summed E-state index contributed by atoms with van der Waals surface area (Å²) in [7, 11) is 0. The number of aryl methyl sites for hydroxylation is 1. The molecule has 0 radical (unpaired) electrons. The van der Waals surface area contributed by atoms with Gasteiger partial charge >= 0.3 is 0 Å². The summed E-state index contributed by atoms with van der Waals surface area (Å²) in [6, 6.07) is 14.6. The molecule has 0 aliphatic heterocycles. The van der Waals surface area contributed by atoms with Gasteiger partial charge in [-0.1, -0.05) is 12.1 Å². The summed E-state index contributed by atoms with van der Waals surface area (Å²) in [4.78, 5) is 16.3. The molecule has 1 amide bonds. The van der Waals surface area contributed by atoms with Crippen LogP contribution in [-0.2, 0) is 6.54 Å². The molecule has 130 valence electrons. The minimum Gasteiger partial charge on any atom is -0.459 e. The van der Waals surface area contributed by atoms with Gasteiger partial charge < -0.3 is 15.1 Å². The Kier molecular flexibility index (Phi) is 4.06. The van der Waals surface area contributed by atoms with E-state index in [1.165, 1.54) is 10.9 Å². The smallest absolute Gasteiger partial charge is 0.291 e. The predicted molar refractivity (Wildman–Crippen MR) is 95.9 cm³/mol. The highest BCUT2D eigenvalue weighted by atomic mass is 16.3. The van der Waals surface area contributed by atoms with Crippen molar-refractivity contribution in [3.8, 4) is 0 Å². The van der Waals surface area contributed by atoms with Gasteiger partial charge in [-0.3, -0.25) is 4.79 Å². The molecule has 0 saturated carbocycles. The molecule has 4 rings (SSSR count). The zero-order valence-corrected chi connectivity index (χ0v) is 14.0. The third-order valence-corrected chi connectivity index (χ3v) is 3.72. The fourth-order valence-electron chi connectivity index (χ4n) is 2.53. The van der Waals surface area contributed by atoms with Gasteiger partial charge in [-0.2, -0.15) is 0 Å². The summed E-state index contributed by atoms with van der Waals surface area (Å²) in [6.45, 7) is 2.38. The number of fused-ring (bicyclic) bond motifs is 1. The molecule has 0 aliphatic rings. The van der Waals surface area contributed by atoms with Crippen molar-refractivity contribution in [1.82, 2.24) is 19.8 Å². The van der Waals surface area contributed by atoms with Crippen LogP contribution in [0.5, 0.6) is 0 Å². The number of nitrogens with one attached hydrogen (secondary N) is 2. The number of anilines is 2. The Morgan fingerprint density at radius 2 is 2.08 bits per heavy atom. The predicted octanol–water partition coefficient (Wildman–Crippen LogP) is 2.89. The number of hydrogen-bond donors (Lipinski definition) is 2. The molecule has 0 spiro atoms. The van der Waals surface area contributed by atoms with Crippen LogP contribution >= 0.6 is 0 Å². The lowest BCUT2D eigenvalue weighted by Crippen LogP contribution is -2.11. The summed E-state index contributed by atoms with van der Waals surface area (Å²) >= 11 is 0. The van der Waals surface area contributed by atoms with Gasteiger partial charge in [0.1, 0.15) is 11.6 Å². The number of carbonyl (C=O) groups excluding carboxylic acids is 1. The molecule has 0 saturated heterocycles. The van der Waals surface area contributed by atoms with E-state index in [0.717, 1.165) is 5.56 Å². The Bertz CT molecular complexity index is 1050. The van der Waals surface area contributed by atoms with E-state index in [9.17, 15) is 4.79 Å². The quantitative estimate of drug-likeness (QED) is 0.575. The van der Waals surface area contributed by atoms with Crippen LogP contribution in [0.1, 0.15) is 21.9 Å². The molecule has 0 bridgehead atoms. The van der Waals surface area contributed by atoms with Gasteiger partial charge in [0, 0.05) is 12.2 Å². The van der Waals surface area contributed by atoms with Crippen molar-refractivity contribution in [3.63, 3.8) is 0 Å². The molecule has 0 fully saturated rings. The number of hydrogen-bond acceptors (Lipinski definition) is 6. The largest absolute Gasteiger partial charge is 0.459 e. The van der Waals surface area contributed by atoms with E-state index in [2.05, 4.69) is 25.8 Å². The number of aromatic nitrogens is 4. The Hall–Kier alpha value is -3.68. The van der Waals surface area contributed by atoms with Gasteiger partial charge in [0.2, 0.25) is 0 Å². The highest BCUT2D eigenvalue weighted by Gasteiger charge is 2.09. The molecule has 0 aliphatic carbocycles. The van der Waals surface area contributed by atoms with Crippen LogP contribution in [0.15, 0.2) is 59.2 Å². The van der Waals surface area contributed by atoms with Crippen LogP contribution in [0.3, 0.4) is 0 Å². The fourth-order valence-corrected chi connectivity index (χ4v) is 2.53. The van der Waals surface area contributed by atoms with E-state index in [1.54, 1.807) is 12.1 Å². The van der Waals surface area contributed by atoms with Crippen LogP contribution < -0.4 is 10.6 Å². The second kappa shape index (κ2) is 6.67. The number of amides is 1. The highest BCUT2D eigenvalue weighted by Crippen LogP contribution is 2.14. The summed E-state index contributed by atoms with van der Waals surface area (Å²) < 4.78 is 6.59. The maximum Gasteiger partial charge on any atom is 0.291 e. The Balaban J connectivity index is 1.43. The number of rotatable bonds is 5. The Labute approximate surface area is 148 Å². The van der Waals surface area contributed by atoms with Crippen molar-refractivity contribution in [2.45, 2.75) is 13.5 Å². The number of furan rings is 1. The maximum atomic E-state index is 12.0. The summed E-state index contributed by atoms with van der Waals surface area (Å²) in [5.41, 5.74) is 2.40. The van der Waals surface area contributed by atoms with Crippen molar-refractivity contribution in [3.05, 3.63) is 71.9 Å². The van der Waals surface area contributed by atoms with E-state index in [-0.39, 0.29) is 11.7 Å². The molecule has 4 aromatic rings. The van der Waals surface area contributed by atoms with Gasteiger partial charge in [-0.25, -0.2) is 4.98 Å². The maximum absolute atomic E-state index is 12.0. The molecule has 3 heterocycles. The average Bonchev–Trinajstić information content (AvgIpc) is 3.28. The second-order valence-electron chi connectivity index (χ2n) is 5.71. The van der Waals surface area contributed by atoms with Crippen molar-refractivity contribution in [2.24, 2.45) is 0 Å². The van der Waals surface area contributed by atoms with E-state index in [4.69, 9.17) is 4.42 Å². The lowest BCUT2D eigenvalue weighted by Gasteiger charge is -2.08. The van der Waals surface area contributed by atoms with Gasteiger partial charge in [0.15, 0.2) is 11.4 Å². The SMILES string of the molecule is Cc1nc2ccc(NCc3cccc(NC(=O)c4ccco4)c3)nn2n1. The lowest BCUT2D eigenvalue weighted by atomic mass is 10.2. The van der Waals surface area contributed by atoms with Crippen LogP contribution in [0.25, 0.3) is 5.65 Å². The van der Waals surface area contributed by atoms with Crippen LogP contribution in [-0.4, -0.2) is 25.7 Å². The van der Waals surface area contributed by atoms with Crippen molar-refractivity contribution in [2.75, 3.05) is 10.6 Å². The standard InChI is InChI=1S/C18H16N6O2/c1-12-20-17-8-7-16(23-24(17)22-12)19-11-13-4-2-5-14(10-13)21-18(25)15-6-3-9-26-15/h2-10H,11H2,1H3,(H,19,23)(H,21,25). The fraction of sp³-hybridized carbons (Fsp3) is 0.111. The van der Waals surface area contributed by atoms with Gasteiger partial charge in [0.05, 0.1) is 6.26 Å². The van der Waals surface area contributed by atoms with Gasteiger partial charge in [0.25, 0.3) is 5.91 Å². The normalized spacial score (nSPS) is 10.8. The molecule has 0 atom stereocenters. The van der Waals surface area contributed by atoms with E-state index in [0.29, 0.717) is 29.5 Å². The molecular formula is C18H16N6O2. The first-order valence-corrected chi connectivity index (χ1v) is 8.06. The number of nitrogens with zero attached hydrogens (tertiary/aromatic N) is 4. The Morgan fingerprint density at radius 1 is 1.15 bits per heavy atom. The molecule has 0 unspecified atom stereocenters. The molecule has 3 aromatic heterocycles. The Morgan fingerprint density at radius 3 is 2.92 bits per heavy atom. The van der Waals surface area contributed by atoms with Gasteiger partial charge in [-0.15, -0.1) is 14.8 Å². The average molecular weight is 348 g/mol. The molecule has 8 heteroatoms. The molecule has 1 aromatic carbocycles. The van der Waals surface area contributed by atoms with Crippen LogP contribution in [0, 0.1) is 6.92 Å². The van der Waals surface area contributed by atoms with E-state index >= 15 is 0 Å². The molecular weight excluding hydrogens is 332 g/mol. The highest BCUT2D eigenvalue weighted by molar-refractivity contribution is 6.02. The molecule has 8 nitrogen and oxygen atoms in total. The second-order valence-corrected chi connectivity index (χ2v) is 5.71. The zero-order chi connectivity index (χ0) is 17.9. The van der Waals surface area contributed by atoms with Gasteiger partial charge in [-0.05, 0) is 48.9 Å². The minimum absolute atomic E-state index is 0.272. The van der Waals surface area contributed by atoms with Crippen molar-refractivity contribution in [1.29, 1.82) is 0 Å². The summed E-state index contributed by atoms with van der Waals surface area (Å²) in [5, 5.41) is 14.6. The minimum atomic E-state index is -0.284. The summed E-state index contributed by atoms with van der Waals surface area (Å²) in [6.07, 6.45) is 1.47. The molecule has 2 N–H and O–H groups in total. The number of carbonyl (C=O) groups is 1. The van der Waals surface area contributed by atoms with Crippen molar-refractivity contribution < 1.29 is 9.21 Å². The molecule has 26 heavy (non-hydrogen) atoms. The van der Waals surface area contributed by atoms with E-state index < -0.39 is 0 Å². The zero-order valence-electron chi connectivity index (χ0n) is 14.0. The topological polar surface area (TPSA) is 97.3 Å². The first kappa shape index (κ1) is 15.8. The first-order chi connectivity index (χ1) is 12.7. The van der Waals surface area contributed by atoms with Crippen LogP contribution in [0.2, 0.25) is 0 Å². The third kappa shape index (κ3) is 3.39. The lowest BCUT2D eigenvalue weighted by molar-refractivity contribution is 0.0996. The first-order valence-electron chi connectivity index (χ1n) is 8.06.